The molecule has 0 unspecified atom stereocenters. The standard InChI is InChI=1S/C16H22O5.C2H6O/c1-8(2)5-10-11(6-9(3)4)14(16(20)21)12(15(18)19)7-13(10)17;1-2-3/h7-9,17H,5-6H2,1-4H3,(H,18,19)(H,20,21);3H,2H2,1H3. The fraction of sp³-hybridized carbons (Fsp3) is 0.556. The lowest BCUT2D eigenvalue weighted by Crippen LogP contribution is -2.16. The SMILES string of the molecule is CC(C)Cc1c(O)cc(C(=O)O)c(C(=O)O)c1CC(C)C.CCO. The highest BCUT2D eigenvalue weighted by molar-refractivity contribution is 6.03. The molecule has 0 saturated heterocycles. The van der Waals surface area contributed by atoms with Crippen molar-refractivity contribution in [3.05, 3.63) is 28.3 Å². The molecule has 0 heterocycles. The first-order valence-corrected chi connectivity index (χ1v) is 8.01. The van der Waals surface area contributed by atoms with Crippen molar-refractivity contribution in [1.29, 1.82) is 0 Å². The summed E-state index contributed by atoms with van der Waals surface area (Å²) in [6.07, 6.45) is 0.923. The van der Waals surface area contributed by atoms with Gasteiger partial charge in [-0.1, -0.05) is 27.7 Å². The lowest BCUT2D eigenvalue weighted by Gasteiger charge is -2.19. The number of aliphatic hydroxyl groups is 1. The van der Waals surface area contributed by atoms with Gasteiger partial charge in [-0.15, -0.1) is 0 Å². The number of phenolic OH excluding ortho intramolecular Hbond substituents is 1. The van der Waals surface area contributed by atoms with Crippen molar-refractivity contribution >= 4 is 11.9 Å². The average molecular weight is 340 g/mol. The van der Waals surface area contributed by atoms with Crippen molar-refractivity contribution in [2.75, 3.05) is 6.61 Å². The predicted octanol–water partition coefficient (Wildman–Crippen LogP) is 3.18. The minimum Gasteiger partial charge on any atom is -0.508 e. The maximum atomic E-state index is 11.5. The van der Waals surface area contributed by atoms with Gasteiger partial charge in [0.2, 0.25) is 0 Å². The van der Waals surface area contributed by atoms with E-state index in [2.05, 4.69) is 0 Å². The number of carboxylic acid groups (broad SMARTS) is 2. The zero-order valence-corrected chi connectivity index (χ0v) is 15.0. The predicted molar refractivity (Wildman–Crippen MR) is 91.9 cm³/mol. The van der Waals surface area contributed by atoms with Crippen LogP contribution in [0.1, 0.15) is 66.5 Å². The first-order chi connectivity index (χ1) is 11.1. The quantitative estimate of drug-likeness (QED) is 0.632. The Balaban J connectivity index is 0.00000163. The molecular weight excluding hydrogens is 312 g/mol. The molecule has 0 aliphatic rings. The summed E-state index contributed by atoms with van der Waals surface area (Å²) in [5.74, 6) is -2.38. The molecule has 0 fully saturated rings. The number of aromatic carboxylic acids is 2. The Morgan fingerprint density at radius 1 is 0.958 bits per heavy atom. The summed E-state index contributed by atoms with van der Waals surface area (Å²) in [6.45, 7) is 9.71. The van der Waals surface area contributed by atoms with E-state index in [0.717, 1.165) is 6.07 Å². The number of benzene rings is 1. The normalized spacial score (nSPS) is 10.5. The largest absolute Gasteiger partial charge is 0.508 e. The molecular formula is C18H28O6. The zero-order chi connectivity index (χ0) is 19.0. The third-order valence-electron chi connectivity index (χ3n) is 3.19. The lowest BCUT2D eigenvalue weighted by molar-refractivity contribution is 0.0649. The molecule has 0 aliphatic heterocycles. The van der Waals surface area contributed by atoms with Gasteiger partial charge in [-0.25, -0.2) is 9.59 Å². The lowest BCUT2D eigenvalue weighted by atomic mass is 9.86. The minimum atomic E-state index is -1.34. The van der Waals surface area contributed by atoms with Crippen LogP contribution in [0, 0.1) is 11.8 Å². The van der Waals surface area contributed by atoms with E-state index < -0.39 is 11.9 Å². The summed E-state index contributed by atoms with van der Waals surface area (Å²) >= 11 is 0. The molecule has 0 aliphatic carbocycles. The van der Waals surface area contributed by atoms with Crippen LogP contribution in [0.2, 0.25) is 0 Å². The average Bonchev–Trinajstić information content (AvgIpc) is 2.41. The van der Waals surface area contributed by atoms with Gasteiger partial charge >= 0.3 is 11.9 Å². The minimum absolute atomic E-state index is 0.137. The second kappa shape index (κ2) is 9.93. The topological polar surface area (TPSA) is 115 Å². The smallest absolute Gasteiger partial charge is 0.336 e. The molecule has 24 heavy (non-hydrogen) atoms. The van der Waals surface area contributed by atoms with E-state index in [0.29, 0.717) is 24.0 Å². The second-order valence-corrected chi connectivity index (χ2v) is 6.40. The van der Waals surface area contributed by atoms with Gasteiger partial charge < -0.3 is 20.4 Å². The van der Waals surface area contributed by atoms with Crippen LogP contribution >= 0.6 is 0 Å². The summed E-state index contributed by atoms with van der Waals surface area (Å²) in [7, 11) is 0. The molecule has 6 nitrogen and oxygen atoms in total. The molecule has 1 aromatic carbocycles. The molecule has 1 aromatic rings. The molecule has 0 bridgehead atoms. The van der Waals surface area contributed by atoms with E-state index in [4.69, 9.17) is 5.11 Å². The van der Waals surface area contributed by atoms with Crippen LogP contribution in [0.5, 0.6) is 5.75 Å². The molecule has 0 aromatic heterocycles. The van der Waals surface area contributed by atoms with Crippen molar-refractivity contribution < 1.29 is 30.0 Å². The molecule has 6 heteroatoms. The van der Waals surface area contributed by atoms with Crippen LogP contribution in [-0.2, 0) is 12.8 Å². The fourth-order valence-corrected chi connectivity index (χ4v) is 2.45. The van der Waals surface area contributed by atoms with Gasteiger partial charge in [0, 0.05) is 6.61 Å². The summed E-state index contributed by atoms with van der Waals surface area (Å²) in [5, 5.41) is 36.3. The summed E-state index contributed by atoms with van der Waals surface area (Å²) in [5.41, 5.74) is 0.414. The number of carboxylic acids is 2. The zero-order valence-electron chi connectivity index (χ0n) is 15.0. The Hall–Kier alpha value is -2.08. The van der Waals surface area contributed by atoms with Gasteiger partial charge in [0.1, 0.15) is 5.75 Å². The highest BCUT2D eigenvalue weighted by atomic mass is 16.4. The van der Waals surface area contributed by atoms with Gasteiger partial charge in [0.15, 0.2) is 0 Å². The number of hydrogen-bond donors (Lipinski definition) is 4. The molecule has 1 rings (SSSR count). The fourth-order valence-electron chi connectivity index (χ4n) is 2.45. The Kier molecular flexibility index (Phi) is 9.07. The summed E-state index contributed by atoms with van der Waals surface area (Å²) in [6, 6.07) is 1.05. The highest BCUT2D eigenvalue weighted by Gasteiger charge is 2.26. The molecule has 4 N–H and O–H groups in total. The third-order valence-corrected chi connectivity index (χ3v) is 3.19. The number of hydrogen-bond acceptors (Lipinski definition) is 4. The van der Waals surface area contributed by atoms with Gasteiger partial charge in [0.25, 0.3) is 0 Å². The van der Waals surface area contributed by atoms with Gasteiger partial charge in [-0.2, -0.15) is 0 Å². The molecule has 0 radical (unpaired) electrons. The number of aliphatic hydroxyl groups excluding tert-OH is 1. The van der Waals surface area contributed by atoms with Crippen LogP contribution < -0.4 is 0 Å². The molecule has 0 atom stereocenters. The Labute approximate surface area is 142 Å². The number of rotatable bonds is 6. The van der Waals surface area contributed by atoms with Gasteiger partial charge in [-0.3, -0.25) is 0 Å². The van der Waals surface area contributed by atoms with Crippen LogP contribution in [0.4, 0.5) is 0 Å². The molecule has 0 saturated carbocycles. The van der Waals surface area contributed by atoms with Crippen molar-refractivity contribution in [2.45, 2.75) is 47.5 Å². The van der Waals surface area contributed by atoms with E-state index in [1.807, 2.05) is 27.7 Å². The number of phenols is 1. The number of aromatic hydroxyl groups is 1. The summed E-state index contributed by atoms with van der Waals surface area (Å²) in [4.78, 5) is 22.8. The Bertz CT molecular complexity index is 575. The second-order valence-electron chi connectivity index (χ2n) is 6.40. The Morgan fingerprint density at radius 2 is 1.38 bits per heavy atom. The Morgan fingerprint density at radius 3 is 1.71 bits per heavy atom. The van der Waals surface area contributed by atoms with E-state index >= 15 is 0 Å². The van der Waals surface area contributed by atoms with Crippen LogP contribution in [0.15, 0.2) is 6.07 Å². The molecule has 136 valence electrons. The monoisotopic (exact) mass is 340 g/mol. The highest BCUT2D eigenvalue weighted by Crippen LogP contribution is 2.32. The molecule has 0 spiro atoms. The van der Waals surface area contributed by atoms with Crippen LogP contribution in [0.25, 0.3) is 0 Å². The van der Waals surface area contributed by atoms with E-state index in [9.17, 15) is 24.9 Å². The maximum absolute atomic E-state index is 11.5. The van der Waals surface area contributed by atoms with Crippen molar-refractivity contribution in [1.82, 2.24) is 0 Å². The summed E-state index contributed by atoms with van der Waals surface area (Å²) < 4.78 is 0. The van der Waals surface area contributed by atoms with Crippen LogP contribution in [-0.4, -0.2) is 39.0 Å². The maximum Gasteiger partial charge on any atom is 0.336 e. The van der Waals surface area contributed by atoms with Gasteiger partial charge in [0.05, 0.1) is 11.1 Å². The van der Waals surface area contributed by atoms with Gasteiger partial charge in [-0.05, 0) is 48.8 Å². The van der Waals surface area contributed by atoms with Crippen molar-refractivity contribution in [3.63, 3.8) is 0 Å². The number of carbonyl (C=O) groups is 2. The van der Waals surface area contributed by atoms with E-state index in [1.54, 1.807) is 6.92 Å². The van der Waals surface area contributed by atoms with E-state index in [1.165, 1.54) is 0 Å². The first-order valence-electron chi connectivity index (χ1n) is 8.01. The van der Waals surface area contributed by atoms with Crippen molar-refractivity contribution in [3.8, 4) is 5.75 Å². The van der Waals surface area contributed by atoms with Crippen molar-refractivity contribution in [2.24, 2.45) is 11.8 Å². The molecule has 0 amide bonds. The van der Waals surface area contributed by atoms with Crippen LogP contribution in [0.3, 0.4) is 0 Å². The first kappa shape index (κ1) is 21.9. The van der Waals surface area contributed by atoms with E-state index in [-0.39, 0.29) is 35.3 Å². The third kappa shape index (κ3) is 6.20.